The van der Waals surface area contributed by atoms with Gasteiger partial charge in [-0.15, -0.1) is 0 Å². The number of carbonyl (C=O) groups is 4. The second-order valence-corrected chi connectivity index (χ2v) is 31.5. The number of rotatable bonds is 64. The number of aliphatic hydroxyl groups is 2. The van der Waals surface area contributed by atoms with E-state index in [4.69, 9.17) is 0 Å². The van der Waals surface area contributed by atoms with Gasteiger partial charge in [0.15, 0.2) is 0 Å². The highest BCUT2D eigenvalue weighted by molar-refractivity contribution is 5.78. The van der Waals surface area contributed by atoms with E-state index in [2.05, 4.69) is 49.0 Å². The lowest BCUT2D eigenvalue weighted by Crippen LogP contribution is -2.53. The van der Waals surface area contributed by atoms with Crippen molar-refractivity contribution in [1.82, 2.24) is 21.3 Å². The molecule has 4 amide bonds. The Morgan fingerprint density at radius 1 is 0.277 bits per heavy atom. The number of hydrogen-bond acceptors (Lipinski definition) is 6. The monoisotopic (exact) mass is 1320 g/mol. The molecule has 3 fully saturated rings. The van der Waals surface area contributed by atoms with Gasteiger partial charge in [0.2, 0.25) is 23.6 Å². The fourth-order valence-corrected chi connectivity index (χ4v) is 16.8. The van der Waals surface area contributed by atoms with E-state index < -0.39 is 0 Å². The summed E-state index contributed by atoms with van der Waals surface area (Å²) in [6.07, 6.45) is 76.6. The van der Waals surface area contributed by atoms with E-state index in [1.54, 1.807) is 0 Å². The topological polar surface area (TPSA) is 157 Å². The molecule has 3 aliphatic rings. The van der Waals surface area contributed by atoms with Crippen LogP contribution in [0.1, 0.15) is 453 Å². The minimum Gasteiger partial charge on any atom is -0.393 e. The molecule has 0 aromatic rings. The summed E-state index contributed by atoms with van der Waals surface area (Å²) >= 11 is 0. The molecular weight excluding hydrogens is 1160 g/mol. The van der Waals surface area contributed by atoms with Crippen LogP contribution in [0.2, 0.25) is 0 Å². The second kappa shape index (κ2) is 60.7. The zero-order chi connectivity index (χ0) is 67.6. The van der Waals surface area contributed by atoms with Crippen molar-refractivity contribution in [3.05, 3.63) is 0 Å². The molecule has 10 atom stereocenters. The van der Waals surface area contributed by atoms with Gasteiger partial charge in [0, 0.05) is 51.3 Å². The van der Waals surface area contributed by atoms with Gasteiger partial charge in [-0.2, -0.15) is 0 Å². The molecule has 3 rings (SSSR count). The van der Waals surface area contributed by atoms with Crippen LogP contribution in [0.4, 0.5) is 0 Å². The van der Waals surface area contributed by atoms with Crippen molar-refractivity contribution in [2.75, 3.05) is 0 Å². The van der Waals surface area contributed by atoms with E-state index in [1.165, 1.54) is 244 Å². The first-order valence-electron chi connectivity index (χ1n) is 42.6. The standard InChI is InChI=1S/C84H160N4O6.H2/c1-5-9-13-17-27-37-53-71-69-73(55-39-33-35-47-67-83(93)87-79-63-51-49-61-77(79)85-81(91)65-45-31-25-21-19-23-29-43-59-75(89)57-41-15-11-7-3)74(70-72(71)54-38-28-18-14-10-6-2)56-40-34-36-48-68-84(94)88-80-64-52-50-62-78(80)86-82(92)66-46-32-26-22-20-24-30-44-60-76(90)58-42-16-12-8-4;/h71-80,89-90H,5-70H2,1-4H3,(H,85,91)(H,86,92)(H,87,93)(H,88,94);1H/t71?,72?,73?,74?,75?,76?,77-,78+,79+,80-;. The molecule has 0 aliphatic heterocycles. The van der Waals surface area contributed by atoms with Gasteiger partial charge >= 0.3 is 0 Å². The Labute approximate surface area is 584 Å². The number of amides is 4. The summed E-state index contributed by atoms with van der Waals surface area (Å²) in [6.45, 7) is 9.11. The predicted molar refractivity (Wildman–Crippen MR) is 403 cm³/mol. The molecule has 10 heteroatoms. The van der Waals surface area contributed by atoms with E-state index >= 15 is 0 Å². The average Bonchev–Trinajstić information content (AvgIpc) is 0.930. The summed E-state index contributed by atoms with van der Waals surface area (Å²) < 4.78 is 0. The van der Waals surface area contributed by atoms with Crippen LogP contribution in [0.25, 0.3) is 0 Å². The van der Waals surface area contributed by atoms with Crippen molar-refractivity contribution in [3.8, 4) is 0 Å². The molecule has 6 N–H and O–H groups in total. The third-order valence-corrected chi connectivity index (χ3v) is 22.9. The van der Waals surface area contributed by atoms with E-state index in [0.29, 0.717) is 25.7 Å². The summed E-state index contributed by atoms with van der Waals surface area (Å²) in [5.74, 6) is 3.99. The maximum atomic E-state index is 13.4. The SMILES string of the molecule is CCCCCCCCC1CC(CCCCCCC(=O)N[C@H]2CCCC[C@H]2NC(=O)CCCCCCCCCCC(O)CCCCCC)C(CCCCCCC(=O)N[C@@H]2CCCC[C@@H]2NC(=O)CCCCCCCCCCC(O)CCCCCC)CC1CCCCCCCC.[HH]. The zero-order valence-electron chi connectivity index (χ0n) is 63.0. The van der Waals surface area contributed by atoms with E-state index in [1.807, 2.05) is 0 Å². The number of nitrogens with one attached hydrogen (secondary N) is 4. The van der Waals surface area contributed by atoms with Crippen LogP contribution in [0, 0.1) is 23.7 Å². The molecule has 6 unspecified atom stereocenters. The molecule has 0 radical (unpaired) electrons. The lowest BCUT2D eigenvalue weighted by molar-refractivity contribution is -0.125. The zero-order valence-corrected chi connectivity index (χ0v) is 63.0. The minimum atomic E-state index is -0.114. The summed E-state index contributed by atoms with van der Waals surface area (Å²) in [5.41, 5.74) is 0. The van der Waals surface area contributed by atoms with Crippen molar-refractivity contribution >= 4 is 23.6 Å². The highest BCUT2D eigenvalue weighted by atomic mass is 16.3. The molecular formula is C84H162N4O6. The molecule has 0 bridgehead atoms. The molecule has 94 heavy (non-hydrogen) atoms. The normalized spacial score (nSPS) is 21.4. The summed E-state index contributed by atoms with van der Waals surface area (Å²) in [4.78, 5) is 53.1. The largest absolute Gasteiger partial charge is 0.393 e. The molecule has 0 spiro atoms. The Bertz CT molecular complexity index is 1650. The van der Waals surface area contributed by atoms with Crippen LogP contribution in [0.3, 0.4) is 0 Å². The van der Waals surface area contributed by atoms with Crippen LogP contribution in [-0.2, 0) is 19.2 Å². The van der Waals surface area contributed by atoms with Crippen molar-refractivity contribution in [2.24, 2.45) is 23.7 Å². The van der Waals surface area contributed by atoms with E-state index in [0.717, 1.165) is 178 Å². The van der Waals surface area contributed by atoms with Gasteiger partial charge in [-0.05, 0) is 114 Å². The van der Waals surface area contributed by atoms with Crippen molar-refractivity contribution in [3.63, 3.8) is 0 Å². The van der Waals surface area contributed by atoms with Gasteiger partial charge in [0.1, 0.15) is 0 Å². The van der Waals surface area contributed by atoms with Crippen LogP contribution < -0.4 is 21.3 Å². The van der Waals surface area contributed by atoms with Crippen LogP contribution in [-0.4, -0.2) is 70.2 Å². The first-order chi connectivity index (χ1) is 46.1. The van der Waals surface area contributed by atoms with Gasteiger partial charge in [-0.1, -0.05) is 336 Å². The van der Waals surface area contributed by atoms with Gasteiger partial charge in [0.25, 0.3) is 0 Å². The van der Waals surface area contributed by atoms with Crippen molar-refractivity contribution in [2.45, 2.75) is 488 Å². The predicted octanol–water partition coefficient (Wildman–Crippen LogP) is 23.2. The Morgan fingerprint density at radius 2 is 0.457 bits per heavy atom. The first kappa shape index (κ1) is 86.0. The molecule has 0 saturated heterocycles. The molecule has 10 nitrogen and oxygen atoms in total. The van der Waals surface area contributed by atoms with Crippen LogP contribution >= 0.6 is 0 Å². The van der Waals surface area contributed by atoms with Crippen molar-refractivity contribution < 1.29 is 30.8 Å². The van der Waals surface area contributed by atoms with E-state index in [9.17, 15) is 29.4 Å². The van der Waals surface area contributed by atoms with Gasteiger partial charge in [-0.3, -0.25) is 19.2 Å². The third-order valence-electron chi connectivity index (χ3n) is 22.9. The second-order valence-electron chi connectivity index (χ2n) is 31.5. The number of hydrogen-bond donors (Lipinski definition) is 6. The Balaban J connectivity index is 0.0000307. The fraction of sp³-hybridized carbons (Fsp3) is 0.952. The summed E-state index contributed by atoms with van der Waals surface area (Å²) in [6, 6.07) is 0.187. The first-order valence-corrected chi connectivity index (χ1v) is 42.6. The minimum absolute atomic E-state index is 0. The molecule has 554 valence electrons. The van der Waals surface area contributed by atoms with Crippen LogP contribution in [0.15, 0.2) is 0 Å². The smallest absolute Gasteiger partial charge is 0.220 e. The molecule has 0 aromatic heterocycles. The van der Waals surface area contributed by atoms with Gasteiger partial charge in [0.05, 0.1) is 12.2 Å². The van der Waals surface area contributed by atoms with Gasteiger partial charge < -0.3 is 31.5 Å². The molecule has 0 aromatic carbocycles. The Hall–Kier alpha value is -2.20. The molecule has 0 heterocycles. The number of aliphatic hydroxyl groups excluding tert-OH is 2. The maximum Gasteiger partial charge on any atom is 0.220 e. The van der Waals surface area contributed by atoms with Crippen molar-refractivity contribution in [1.29, 1.82) is 0 Å². The lowest BCUT2D eigenvalue weighted by Gasteiger charge is -2.42. The van der Waals surface area contributed by atoms with E-state index in [-0.39, 0.29) is 61.4 Å². The Morgan fingerprint density at radius 3 is 0.681 bits per heavy atom. The third kappa shape index (κ3) is 46.2. The van der Waals surface area contributed by atoms with Crippen LogP contribution in [0.5, 0.6) is 0 Å². The molecule has 3 aliphatic carbocycles. The van der Waals surface area contributed by atoms with Gasteiger partial charge in [-0.25, -0.2) is 0 Å². The summed E-state index contributed by atoms with van der Waals surface area (Å²) in [7, 11) is 0. The summed E-state index contributed by atoms with van der Waals surface area (Å²) in [5, 5.41) is 34.0. The average molecular weight is 1320 g/mol. The maximum absolute atomic E-state index is 13.4. The highest BCUT2D eigenvalue weighted by Crippen LogP contribution is 2.47. The lowest BCUT2D eigenvalue weighted by atomic mass is 9.63. The Kier molecular flexibility index (Phi) is 55.6. The number of unbranched alkanes of at least 4 members (excludes halogenated alkanes) is 36. The fourth-order valence-electron chi connectivity index (χ4n) is 16.8. The molecule has 3 saturated carbocycles. The highest BCUT2D eigenvalue weighted by Gasteiger charge is 2.36. The quantitative estimate of drug-likeness (QED) is 0.0333. The number of carbonyl (C=O) groups excluding carboxylic acids is 4.